The van der Waals surface area contributed by atoms with E-state index in [0.29, 0.717) is 6.42 Å². The highest BCUT2D eigenvalue weighted by atomic mass is 16.3. The van der Waals surface area contributed by atoms with Crippen molar-refractivity contribution in [2.24, 2.45) is 5.73 Å². The van der Waals surface area contributed by atoms with Crippen LogP contribution in [0.2, 0.25) is 0 Å². The summed E-state index contributed by atoms with van der Waals surface area (Å²) in [6.07, 6.45) is 3.59. The molecule has 3 N–H and O–H groups in total. The summed E-state index contributed by atoms with van der Waals surface area (Å²) in [5.74, 6) is 0. The highest BCUT2D eigenvalue weighted by molar-refractivity contribution is 5.23. The first-order valence-corrected chi connectivity index (χ1v) is 5.24. The summed E-state index contributed by atoms with van der Waals surface area (Å²) in [4.78, 5) is 0. The average molecular weight is 191 g/mol. The summed E-state index contributed by atoms with van der Waals surface area (Å²) >= 11 is 0. The summed E-state index contributed by atoms with van der Waals surface area (Å²) in [5, 5.41) is 10.4. The first-order valence-electron chi connectivity index (χ1n) is 5.24. The Morgan fingerprint density at radius 3 is 2.64 bits per heavy atom. The van der Waals surface area contributed by atoms with Gasteiger partial charge >= 0.3 is 0 Å². The van der Waals surface area contributed by atoms with E-state index in [4.69, 9.17) is 5.73 Å². The summed E-state index contributed by atoms with van der Waals surface area (Å²) in [7, 11) is 0. The summed E-state index contributed by atoms with van der Waals surface area (Å²) in [6, 6.07) is 10.0. The fourth-order valence-corrected chi connectivity index (χ4v) is 2.31. The summed E-state index contributed by atoms with van der Waals surface area (Å²) < 4.78 is 0. The molecule has 14 heavy (non-hydrogen) atoms. The Morgan fingerprint density at radius 2 is 2.00 bits per heavy atom. The lowest BCUT2D eigenvalue weighted by Gasteiger charge is -2.35. The predicted octanol–water partition coefficient (Wildman–Crippen LogP) is 1.78. The summed E-state index contributed by atoms with van der Waals surface area (Å²) in [5.41, 5.74) is 6.22. The molecule has 0 saturated heterocycles. The highest BCUT2D eigenvalue weighted by Gasteiger charge is 2.34. The van der Waals surface area contributed by atoms with Gasteiger partial charge in [-0.1, -0.05) is 30.3 Å². The Bertz CT molecular complexity index is 298. The molecule has 2 atom stereocenters. The molecule has 0 amide bonds. The van der Waals surface area contributed by atoms with E-state index >= 15 is 0 Å². The molecule has 0 heterocycles. The van der Waals surface area contributed by atoms with Crippen molar-refractivity contribution in [3.8, 4) is 0 Å². The van der Waals surface area contributed by atoms with Crippen molar-refractivity contribution in [3.05, 3.63) is 35.9 Å². The van der Waals surface area contributed by atoms with Gasteiger partial charge in [-0.05, 0) is 31.2 Å². The fourth-order valence-electron chi connectivity index (χ4n) is 2.31. The van der Waals surface area contributed by atoms with Crippen LogP contribution in [-0.2, 0) is 5.60 Å². The molecule has 1 aromatic rings. The van der Waals surface area contributed by atoms with E-state index < -0.39 is 5.60 Å². The first-order chi connectivity index (χ1) is 6.71. The summed E-state index contributed by atoms with van der Waals surface area (Å²) in [6.45, 7) is 0. The van der Waals surface area contributed by atoms with Gasteiger partial charge in [0.1, 0.15) is 0 Å². The maximum atomic E-state index is 10.4. The maximum Gasteiger partial charge on any atom is 0.0911 e. The molecule has 1 aliphatic carbocycles. The van der Waals surface area contributed by atoms with Gasteiger partial charge in [0.05, 0.1) is 5.60 Å². The molecule has 0 bridgehead atoms. The zero-order valence-corrected chi connectivity index (χ0v) is 8.32. The second kappa shape index (κ2) is 3.71. The number of aliphatic hydroxyl groups is 1. The normalized spacial score (nSPS) is 32.9. The van der Waals surface area contributed by atoms with Crippen molar-refractivity contribution in [1.29, 1.82) is 0 Å². The molecular formula is C12H17NO. The molecule has 0 radical (unpaired) electrons. The number of hydrogen-bond donors (Lipinski definition) is 2. The van der Waals surface area contributed by atoms with Crippen LogP contribution in [0.5, 0.6) is 0 Å². The van der Waals surface area contributed by atoms with E-state index in [2.05, 4.69) is 0 Å². The highest BCUT2D eigenvalue weighted by Crippen LogP contribution is 2.36. The Morgan fingerprint density at radius 1 is 1.29 bits per heavy atom. The molecule has 0 spiro atoms. The van der Waals surface area contributed by atoms with E-state index in [9.17, 15) is 5.11 Å². The molecule has 1 aliphatic rings. The Labute approximate surface area is 84.7 Å². The van der Waals surface area contributed by atoms with E-state index in [1.165, 1.54) is 0 Å². The van der Waals surface area contributed by atoms with Gasteiger partial charge in [0, 0.05) is 6.04 Å². The molecule has 2 unspecified atom stereocenters. The molecule has 1 saturated carbocycles. The molecular weight excluding hydrogens is 174 g/mol. The zero-order chi connectivity index (χ0) is 10.0. The Hall–Kier alpha value is -0.860. The van der Waals surface area contributed by atoms with Crippen LogP contribution in [0.3, 0.4) is 0 Å². The second-order valence-corrected chi connectivity index (χ2v) is 4.25. The monoisotopic (exact) mass is 191 g/mol. The van der Waals surface area contributed by atoms with Gasteiger partial charge in [0.2, 0.25) is 0 Å². The van der Waals surface area contributed by atoms with E-state index in [0.717, 1.165) is 24.8 Å². The lowest BCUT2D eigenvalue weighted by Crippen LogP contribution is -2.39. The van der Waals surface area contributed by atoms with Crippen LogP contribution in [0.15, 0.2) is 30.3 Å². The maximum absolute atomic E-state index is 10.4. The van der Waals surface area contributed by atoms with Crippen molar-refractivity contribution in [2.45, 2.75) is 37.3 Å². The molecule has 0 aromatic heterocycles. The van der Waals surface area contributed by atoms with Gasteiger partial charge in [0.15, 0.2) is 0 Å². The van der Waals surface area contributed by atoms with Gasteiger partial charge in [-0.25, -0.2) is 0 Å². The molecule has 1 aromatic carbocycles. The number of hydrogen-bond acceptors (Lipinski definition) is 2. The van der Waals surface area contributed by atoms with Crippen molar-refractivity contribution >= 4 is 0 Å². The Balaban J connectivity index is 2.23. The topological polar surface area (TPSA) is 46.2 Å². The van der Waals surface area contributed by atoms with E-state index in [-0.39, 0.29) is 6.04 Å². The minimum atomic E-state index is -0.682. The largest absolute Gasteiger partial charge is 0.385 e. The van der Waals surface area contributed by atoms with Crippen LogP contribution >= 0.6 is 0 Å². The van der Waals surface area contributed by atoms with Crippen molar-refractivity contribution in [1.82, 2.24) is 0 Å². The third kappa shape index (κ3) is 1.81. The molecule has 2 heteroatoms. The second-order valence-electron chi connectivity index (χ2n) is 4.25. The molecule has 76 valence electrons. The van der Waals surface area contributed by atoms with E-state index in [1.54, 1.807) is 0 Å². The Kier molecular flexibility index (Phi) is 2.57. The van der Waals surface area contributed by atoms with Crippen LogP contribution < -0.4 is 5.73 Å². The average Bonchev–Trinajstić information content (AvgIpc) is 2.19. The molecule has 2 nitrogen and oxygen atoms in total. The number of benzene rings is 1. The fraction of sp³-hybridized carbons (Fsp3) is 0.500. The number of nitrogens with two attached hydrogens (primary N) is 1. The lowest BCUT2D eigenvalue weighted by atomic mass is 9.78. The molecule has 2 rings (SSSR count). The van der Waals surface area contributed by atoms with Crippen molar-refractivity contribution in [3.63, 3.8) is 0 Å². The predicted molar refractivity (Wildman–Crippen MR) is 56.8 cm³/mol. The minimum absolute atomic E-state index is 0.147. The van der Waals surface area contributed by atoms with Crippen LogP contribution in [-0.4, -0.2) is 11.1 Å². The number of rotatable bonds is 1. The van der Waals surface area contributed by atoms with E-state index in [1.807, 2.05) is 30.3 Å². The molecule has 0 aliphatic heterocycles. The standard InChI is InChI=1S/C12H17NO/c13-11-7-4-8-12(14,9-11)10-5-2-1-3-6-10/h1-3,5-6,11,14H,4,7-9,13H2. The van der Waals surface area contributed by atoms with Gasteiger partial charge in [-0.15, -0.1) is 0 Å². The lowest BCUT2D eigenvalue weighted by molar-refractivity contribution is -0.00716. The smallest absolute Gasteiger partial charge is 0.0911 e. The third-order valence-electron chi connectivity index (χ3n) is 3.08. The van der Waals surface area contributed by atoms with Crippen molar-refractivity contribution in [2.75, 3.05) is 0 Å². The van der Waals surface area contributed by atoms with Crippen LogP contribution in [0.4, 0.5) is 0 Å². The molecule has 1 fully saturated rings. The van der Waals surface area contributed by atoms with Crippen molar-refractivity contribution < 1.29 is 5.11 Å². The van der Waals surface area contributed by atoms with Gasteiger partial charge in [-0.2, -0.15) is 0 Å². The zero-order valence-electron chi connectivity index (χ0n) is 8.32. The van der Waals surface area contributed by atoms with Gasteiger partial charge in [0.25, 0.3) is 0 Å². The quantitative estimate of drug-likeness (QED) is 0.710. The minimum Gasteiger partial charge on any atom is -0.385 e. The third-order valence-corrected chi connectivity index (χ3v) is 3.08. The van der Waals surface area contributed by atoms with Crippen LogP contribution in [0.1, 0.15) is 31.2 Å². The van der Waals surface area contributed by atoms with Gasteiger partial charge in [-0.3, -0.25) is 0 Å². The first kappa shape index (κ1) is 9.69. The SMILES string of the molecule is NC1CCCC(O)(c2ccccc2)C1. The van der Waals surface area contributed by atoms with Crippen LogP contribution in [0.25, 0.3) is 0 Å². The van der Waals surface area contributed by atoms with Crippen LogP contribution in [0, 0.1) is 0 Å². The van der Waals surface area contributed by atoms with Gasteiger partial charge < -0.3 is 10.8 Å².